The number of anilines is 1. The number of rotatable bonds is 3. The third-order valence-electron chi connectivity index (χ3n) is 3.66. The summed E-state index contributed by atoms with van der Waals surface area (Å²) in [5, 5.41) is 23.4. The van der Waals surface area contributed by atoms with Gasteiger partial charge in [0, 0.05) is 6.07 Å². The second kappa shape index (κ2) is 6.49. The van der Waals surface area contributed by atoms with E-state index in [1.807, 2.05) is 0 Å². The highest BCUT2D eigenvalue weighted by molar-refractivity contribution is 5.99. The van der Waals surface area contributed by atoms with Gasteiger partial charge in [-0.15, -0.1) is 0 Å². The molecule has 0 saturated heterocycles. The highest BCUT2D eigenvalue weighted by atomic mass is 16.6. The van der Waals surface area contributed by atoms with Gasteiger partial charge in [0.2, 0.25) is 0 Å². The van der Waals surface area contributed by atoms with Gasteiger partial charge in [0.1, 0.15) is 12.0 Å². The minimum absolute atomic E-state index is 0.0411. The number of hydrogen-bond acceptors (Lipinski definition) is 6. The molecule has 21 heavy (non-hydrogen) atoms. The quantitative estimate of drug-likeness (QED) is 0.433. The summed E-state index contributed by atoms with van der Waals surface area (Å²) in [6.45, 7) is 0. The second-order valence-corrected chi connectivity index (χ2v) is 5.17. The summed E-state index contributed by atoms with van der Waals surface area (Å²) in [4.78, 5) is 26.0. The van der Waals surface area contributed by atoms with E-state index >= 15 is 0 Å². The molecule has 0 bridgehead atoms. The minimum Gasteiger partial charge on any atom is -0.391 e. The van der Waals surface area contributed by atoms with Crippen molar-refractivity contribution in [1.82, 2.24) is 10.3 Å². The zero-order valence-electron chi connectivity index (χ0n) is 11.5. The number of nitrogens with zero attached hydrogens (tertiary/aromatic N) is 2. The van der Waals surface area contributed by atoms with Crippen LogP contribution in [0.2, 0.25) is 0 Å². The number of nitrogen functional groups attached to an aromatic ring is 1. The van der Waals surface area contributed by atoms with Crippen molar-refractivity contribution in [1.29, 1.82) is 0 Å². The summed E-state index contributed by atoms with van der Waals surface area (Å²) < 4.78 is 0. The lowest BCUT2D eigenvalue weighted by atomic mass is 10.1. The van der Waals surface area contributed by atoms with E-state index in [2.05, 4.69) is 10.3 Å². The standard InChI is InChI=1S/C13H18N4O4/c14-12-9(6-8(7-15-12)17(20)21)13(19)16-10-4-2-1-3-5-11(10)18/h6-7,10-11,18H,1-5H2,(H2,14,15)(H,16,19). The number of hydrogen-bond donors (Lipinski definition) is 3. The Labute approximate surface area is 121 Å². The van der Waals surface area contributed by atoms with Crippen molar-refractivity contribution in [3.8, 4) is 0 Å². The maximum atomic E-state index is 12.2. The van der Waals surface area contributed by atoms with Crippen molar-refractivity contribution < 1.29 is 14.8 Å². The number of amides is 1. The molecule has 1 saturated carbocycles. The molecule has 1 aliphatic carbocycles. The van der Waals surface area contributed by atoms with Crippen LogP contribution in [0.5, 0.6) is 0 Å². The fraction of sp³-hybridized carbons (Fsp3) is 0.538. The fourth-order valence-electron chi connectivity index (χ4n) is 2.45. The first kappa shape index (κ1) is 15.2. The Balaban J connectivity index is 2.15. The van der Waals surface area contributed by atoms with E-state index < -0.39 is 16.9 Å². The normalized spacial score (nSPS) is 22.3. The van der Waals surface area contributed by atoms with Crippen molar-refractivity contribution in [2.24, 2.45) is 0 Å². The van der Waals surface area contributed by atoms with E-state index in [9.17, 15) is 20.0 Å². The predicted molar refractivity (Wildman–Crippen MR) is 75.6 cm³/mol. The summed E-state index contributed by atoms with van der Waals surface area (Å²) in [6.07, 6.45) is 4.57. The molecule has 114 valence electrons. The minimum atomic E-state index is -0.635. The van der Waals surface area contributed by atoms with Gasteiger partial charge in [-0.2, -0.15) is 0 Å². The molecule has 2 rings (SSSR count). The molecule has 1 aromatic heterocycles. The highest BCUT2D eigenvalue weighted by Gasteiger charge is 2.25. The zero-order valence-corrected chi connectivity index (χ0v) is 11.5. The topological polar surface area (TPSA) is 131 Å². The highest BCUT2D eigenvalue weighted by Crippen LogP contribution is 2.20. The summed E-state index contributed by atoms with van der Waals surface area (Å²) in [5.41, 5.74) is 5.27. The molecule has 0 aliphatic heterocycles. The molecule has 1 aromatic rings. The number of aliphatic hydroxyl groups is 1. The lowest BCUT2D eigenvalue weighted by Crippen LogP contribution is -2.42. The smallest absolute Gasteiger partial charge is 0.288 e. The van der Waals surface area contributed by atoms with Crippen LogP contribution in [-0.2, 0) is 0 Å². The summed E-state index contributed by atoms with van der Waals surface area (Å²) in [6, 6.07) is 0.736. The maximum absolute atomic E-state index is 12.2. The Morgan fingerprint density at radius 1 is 1.43 bits per heavy atom. The first-order valence-corrected chi connectivity index (χ1v) is 6.88. The van der Waals surface area contributed by atoms with E-state index in [0.717, 1.165) is 31.5 Å². The van der Waals surface area contributed by atoms with Gasteiger partial charge < -0.3 is 16.2 Å². The molecule has 0 aromatic carbocycles. The molecule has 4 N–H and O–H groups in total. The summed E-state index contributed by atoms with van der Waals surface area (Å²) >= 11 is 0. The number of nitrogens with two attached hydrogens (primary N) is 1. The average Bonchev–Trinajstić information content (AvgIpc) is 2.64. The lowest BCUT2D eigenvalue weighted by Gasteiger charge is -2.21. The number of nitro groups is 1. The Hall–Kier alpha value is -2.22. The molecule has 0 radical (unpaired) electrons. The van der Waals surface area contributed by atoms with Crippen LogP contribution in [0.3, 0.4) is 0 Å². The third kappa shape index (κ3) is 3.66. The summed E-state index contributed by atoms with van der Waals surface area (Å²) in [5.74, 6) is -0.615. The van der Waals surface area contributed by atoms with E-state index in [1.165, 1.54) is 0 Å². The SMILES string of the molecule is Nc1ncc([N+](=O)[O-])cc1C(=O)NC1CCCCCC1O. The predicted octanol–water partition coefficient (Wildman–Crippen LogP) is 0.995. The zero-order chi connectivity index (χ0) is 15.4. The van der Waals surface area contributed by atoms with Crippen LogP contribution in [0.15, 0.2) is 12.3 Å². The monoisotopic (exact) mass is 294 g/mol. The molecule has 1 amide bonds. The Morgan fingerprint density at radius 2 is 2.14 bits per heavy atom. The molecule has 1 aliphatic rings. The van der Waals surface area contributed by atoms with Crippen LogP contribution in [0.1, 0.15) is 42.5 Å². The van der Waals surface area contributed by atoms with E-state index in [0.29, 0.717) is 12.8 Å². The first-order valence-electron chi connectivity index (χ1n) is 6.88. The van der Waals surface area contributed by atoms with E-state index in [4.69, 9.17) is 5.73 Å². The molecular formula is C13H18N4O4. The Morgan fingerprint density at radius 3 is 2.86 bits per heavy atom. The van der Waals surface area contributed by atoms with Crippen LogP contribution in [-0.4, -0.2) is 33.1 Å². The summed E-state index contributed by atoms with van der Waals surface area (Å²) in [7, 11) is 0. The molecule has 1 fully saturated rings. The fourth-order valence-corrected chi connectivity index (χ4v) is 2.45. The largest absolute Gasteiger partial charge is 0.391 e. The van der Waals surface area contributed by atoms with Crippen LogP contribution >= 0.6 is 0 Å². The van der Waals surface area contributed by atoms with Crippen molar-refractivity contribution in [2.45, 2.75) is 44.2 Å². The molecule has 0 spiro atoms. The van der Waals surface area contributed by atoms with Crippen molar-refractivity contribution in [3.05, 3.63) is 27.9 Å². The number of carbonyl (C=O) groups is 1. The Kier molecular flexibility index (Phi) is 4.69. The molecular weight excluding hydrogens is 276 g/mol. The van der Waals surface area contributed by atoms with Gasteiger partial charge in [-0.3, -0.25) is 14.9 Å². The number of carbonyl (C=O) groups excluding carboxylic acids is 1. The average molecular weight is 294 g/mol. The van der Waals surface area contributed by atoms with Crippen LogP contribution in [0.25, 0.3) is 0 Å². The molecule has 8 heteroatoms. The molecule has 8 nitrogen and oxygen atoms in total. The number of aliphatic hydroxyl groups excluding tert-OH is 1. The van der Waals surface area contributed by atoms with Gasteiger partial charge in [0.05, 0.1) is 22.6 Å². The molecule has 2 atom stereocenters. The number of pyridine rings is 1. The van der Waals surface area contributed by atoms with Crippen molar-refractivity contribution in [2.75, 3.05) is 5.73 Å². The molecule has 2 unspecified atom stereocenters. The second-order valence-electron chi connectivity index (χ2n) is 5.17. The van der Waals surface area contributed by atoms with Gasteiger partial charge in [-0.25, -0.2) is 4.98 Å². The van der Waals surface area contributed by atoms with Crippen molar-refractivity contribution >= 4 is 17.4 Å². The lowest BCUT2D eigenvalue weighted by molar-refractivity contribution is -0.385. The van der Waals surface area contributed by atoms with Gasteiger partial charge in [0.15, 0.2) is 0 Å². The third-order valence-corrected chi connectivity index (χ3v) is 3.66. The van der Waals surface area contributed by atoms with Gasteiger partial charge >= 0.3 is 0 Å². The van der Waals surface area contributed by atoms with Gasteiger partial charge in [-0.05, 0) is 12.8 Å². The van der Waals surface area contributed by atoms with E-state index in [-0.39, 0.29) is 23.1 Å². The maximum Gasteiger partial charge on any atom is 0.288 e. The van der Waals surface area contributed by atoms with Crippen LogP contribution < -0.4 is 11.1 Å². The Bertz CT molecular complexity index is 549. The first-order chi connectivity index (χ1) is 9.99. The molecule has 1 heterocycles. The van der Waals surface area contributed by atoms with Crippen molar-refractivity contribution in [3.63, 3.8) is 0 Å². The van der Waals surface area contributed by atoms with Gasteiger partial charge in [-0.1, -0.05) is 19.3 Å². The number of nitrogens with one attached hydrogen (secondary N) is 1. The van der Waals surface area contributed by atoms with Crippen LogP contribution in [0.4, 0.5) is 11.5 Å². The number of aromatic nitrogens is 1. The van der Waals surface area contributed by atoms with Crippen LogP contribution in [0, 0.1) is 10.1 Å². The van der Waals surface area contributed by atoms with Gasteiger partial charge in [0.25, 0.3) is 11.6 Å². The van der Waals surface area contributed by atoms with E-state index in [1.54, 1.807) is 0 Å².